The molecule has 1 aromatic carbocycles. The largest absolute Gasteiger partial charge is 0.497 e. The Balaban J connectivity index is 1.88. The Morgan fingerprint density at radius 1 is 1.32 bits per heavy atom. The first-order chi connectivity index (χ1) is 9.33. The van der Waals surface area contributed by atoms with Gasteiger partial charge in [-0.25, -0.2) is 4.98 Å². The zero-order valence-electron chi connectivity index (χ0n) is 11.4. The average Bonchev–Trinajstić information content (AvgIpc) is 2.97. The number of aromatic nitrogens is 1. The van der Waals surface area contributed by atoms with Gasteiger partial charge in [0, 0.05) is 24.4 Å². The minimum absolute atomic E-state index is 0.393. The van der Waals surface area contributed by atoms with Crippen LogP contribution in [0, 0.1) is 0 Å². The van der Waals surface area contributed by atoms with Gasteiger partial charge in [-0.15, -0.1) is 11.3 Å². The average molecular weight is 276 g/mol. The van der Waals surface area contributed by atoms with Crippen LogP contribution >= 0.6 is 11.3 Å². The van der Waals surface area contributed by atoms with Crippen molar-refractivity contribution in [3.63, 3.8) is 0 Å². The number of rotatable bonds is 7. The van der Waals surface area contributed by atoms with E-state index in [0.29, 0.717) is 6.04 Å². The predicted molar refractivity (Wildman–Crippen MR) is 79.8 cm³/mol. The first-order valence-corrected chi connectivity index (χ1v) is 7.52. The quantitative estimate of drug-likeness (QED) is 0.841. The lowest BCUT2D eigenvalue weighted by molar-refractivity contribution is 0.414. The smallest absolute Gasteiger partial charge is 0.118 e. The zero-order chi connectivity index (χ0) is 13.5. The van der Waals surface area contributed by atoms with E-state index in [0.717, 1.165) is 25.1 Å². The van der Waals surface area contributed by atoms with Gasteiger partial charge in [-0.05, 0) is 24.1 Å². The molecule has 0 aliphatic heterocycles. The lowest BCUT2D eigenvalue weighted by Crippen LogP contribution is -2.23. The van der Waals surface area contributed by atoms with Crippen LogP contribution in [-0.2, 0) is 6.42 Å². The molecule has 19 heavy (non-hydrogen) atoms. The Labute approximate surface area is 118 Å². The molecule has 0 aliphatic rings. The third-order valence-corrected chi connectivity index (χ3v) is 3.82. The molecule has 102 valence electrons. The van der Waals surface area contributed by atoms with Gasteiger partial charge in [0.15, 0.2) is 0 Å². The van der Waals surface area contributed by atoms with Crippen LogP contribution < -0.4 is 10.1 Å². The third kappa shape index (κ3) is 4.04. The van der Waals surface area contributed by atoms with E-state index in [1.807, 2.05) is 17.6 Å². The number of thiazole rings is 1. The van der Waals surface area contributed by atoms with Crippen molar-refractivity contribution in [3.05, 3.63) is 46.4 Å². The maximum Gasteiger partial charge on any atom is 0.118 e. The van der Waals surface area contributed by atoms with Crippen molar-refractivity contribution in [1.29, 1.82) is 0 Å². The van der Waals surface area contributed by atoms with E-state index in [-0.39, 0.29) is 0 Å². The summed E-state index contributed by atoms with van der Waals surface area (Å²) in [6, 6.07) is 8.68. The van der Waals surface area contributed by atoms with Crippen LogP contribution in [0.3, 0.4) is 0 Å². The molecule has 0 spiro atoms. The summed E-state index contributed by atoms with van der Waals surface area (Å²) in [4.78, 5) is 4.30. The molecule has 0 fully saturated rings. The fourth-order valence-corrected chi connectivity index (χ4v) is 2.66. The molecule has 0 saturated heterocycles. The van der Waals surface area contributed by atoms with Crippen LogP contribution in [0.4, 0.5) is 0 Å². The Kier molecular flexibility index (Phi) is 5.36. The monoisotopic (exact) mass is 276 g/mol. The molecular formula is C15H20N2OS. The van der Waals surface area contributed by atoms with Gasteiger partial charge in [0.25, 0.3) is 0 Å². The summed E-state index contributed by atoms with van der Waals surface area (Å²) in [6.45, 7) is 3.15. The first-order valence-electron chi connectivity index (χ1n) is 6.58. The van der Waals surface area contributed by atoms with Gasteiger partial charge in [-0.3, -0.25) is 0 Å². The molecule has 1 unspecified atom stereocenters. The van der Waals surface area contributed by atoms with E-state index in [2.05, 4.69) is 34.7 Å². The van der Waals surface area contributed by atoms with Gasteiger partial charge in [0.05, 0.1) is 18.3 Å². The van der Waals surface area contributed by atoms with E-state index in [9.17, 15) is 0 Å². The lowest BCUT2D eigenvalue weighted by atomic mass is 10.0. The maximum atomic E-state index is 5.19. The summed E-state index contributed by atoms with van der Waals surface area (Å²) in [7, 11) is 1.69. The first kappa shape index (κ1) is 14.0. The molecule has 0 aliphatic carbocycles. The van der Waals surface area contributed by atoms with E-state index in [4.69, 9.17) is 4.74 Å². The molecule has 0 amide bonds. The van der Waals surface area contributed by atoms with Crippen molar-refractivity contribution in [3.8, 4) is 5.75 Å². The van der Waals surface area contributed by atoms with Crippen molar-refractivity contribution < 1.29 is 4.74 Å². The number of nitrogens with zero attached hydrogens (tertiary/aromatic N) is 1. The van der Waals surface area contributed by atoms with Gasteiger partial charge >= 0.3 is 0 Å². The number of nitrogens with one attached hydrogen (secondary N) is 1. The summed E-state index contributed by atoms with van der Waals surface area (Å²) in [5, 5.41) is 5.69. The molecule has 2 aromatic rings. The Bertz CT molecular complexity index is 467. The van der Waals surface area contributed by atoms with Crippen molar-refractivity contribution in [1.82, 2.24) is 10.3 Å². The van der Waals surface area contributed by atoms with Crippen LogP contribution in [0.1, 0.15) is 30.6 Å². The predicted octanol–water partition coefficient (Wildman–Crippen LogP) is 3.44. The topological polar surface area (TPSA) is 34.2 Å². The molecule has 0 saturated carbocycles. The van der Waals surface area contributed by atoms with E-state index < -0.39 is 0 Å². The minimum Gasteiger partial charge on any atom is -0.497 e. The summed E-state index contributed by atoms with van der Waals surface area (Å²) in [5.41, 5.74) is 4.36. The standard InChI is InChI=1S/C15H20N2OS/c1-3-15(12-4-6-14(18-2)7-5-12)16-9-8-13-10-19-11-17-13/h4-7,10-11,15-16H,3,8-9H2,1-2H3. The Morgan fingerprint density at radius 3 is 2.68 bits per heavy atom. The van der Waals surface area contributed by atoms with Crippen LogP contribution in [0.15, 0.2) is 35.2 Å². The van der Waals surface area contributed by atoms with Crippen molar-refractivity contribution in [2.75, 3.05) is 13.7 Å². The molecule has 1 aromatic heterocycles. The third-order valence-electron chi connectivity index (χ3n) is 3.18. The highest BCUT2D eigenvalue weighted by atomic mass is 32.1. The second kappa shape index (κ2) is 7.26. The highest BCUT2D eigenvalue weighted by Gasteiger charge is 2.08. The molecule has 0 bridgehead atoms. The van der Waals surface area contributed by atoms with E-state index in [1.54, 1.807) is 18.4 Å². The second-order valence-electron chi connectivity index (χ2n) is 4.42. The highest BCUT2D eigenvalue weighted by molar-refractivity contribution is 7.07. The molecule has 1 heterocycles. The zero-order valence-corrected chi connectivity index (χ0v) is 12.2. The molecule has 3 nitrogen and oxygen atoms in total. The molecular weight excluding hydrogens is 256 g/mol. The molecule has 1 N–H and O–H groups in total. The van der Waals surface area contributed by atoms with Crippen molar-refractivity contribution in [2.24, 2.45) is 0 Å². The van der Waals surface area contributed by atoms with Gasteiger partial charge < -0.3 is 10.1 Å². The summed E-state index contributed by atoms with van der Waals surface area (Å²) in [5.74, 6) is 0.904. The van der Waals surface area contributed by atoms with Crippen LogP contribution in [-0.4, -0.2) is 18.6 Å². The van der Waals surface area contributed by atoms with Gasteiger partial charge in [0.2, 0.25) is 0 Å². The van der Waals surface area contributed by atoms with Crippen LogP contribution in [0.2, 0.25) is 0 Å². The van der Waals surface area contributed by atoms with Crippen molar-refractivity contribution in [2.45, 2.75) is 25.8 Å². The number of benzene rings is 1. The van der Waals surface area contributed by atoms with Crippen LogP contribution in [0.25, 0.3) is 0 Å². The van der Waals surface area contributed by atoms with Gasteiger partial charge in [-0.2, -0.15) is 0 Å². The van der Waals surface area contributed by atoms with E-state index in [1.165, 1.54) is 11.3 Å². The van der Waals surface area contributed by atoms with E-state index >= 15 is 0 Å². The Morgan fingerprint density at radius 2 is 2.11 bits per heavy atom. The lowest BCUT2D eigenvalue weighted by Gasteiger charge is -2.17. The fraction of sp³-hybridized carbons (Fsp3) is 0.400. The summed E-state index contributed by atoms with van der Waals surface area (Å²) < 4.78 is 5.19. The highest BCUT2D eigenvalue weighted by Crippen LogP contribution is 2.20. The van der Waals surface area contributed by atoms with Crippen molar-refractivity contribution >= 4 is 11.3 Å². The minimum atomic E-state index is 0.393. The number of hydrogen-bond acceptors (Lipinski definition) is 4. The molecule has 2 rings (SSSR count). The normalized spacial score (nSPS) is 12.3. The second-order valence-corrected chi connectivity index (χ2v) is 5.14. The fourth-order valence-electron chi connectivity index (χ4n) is 2.07. The molecule has 4 heteroatoms. The number of hydrogen-bond donors (Lipinski definition) is 1. The summed E-state index contributed by atoms with van der Waals surface area (Å²) in [6.07, 6.45) is 2.06. The maximum absolute atomic E-state index is 5.19. The Hall–Kier alpha value is -1.39. The molecule has 1 atom stereocenters. The summed E-state index contributed by atoms with van der Waals surface area (Å²) >= 11 is 1.65. The van der Waals surface area contributed by atoms with Gasteiger partial charge in [-0.1, -0.05) is 19.1 Å². The number of methoxy groups -OCH3 is 1. The SMILES string of the molecule is CCC(NCCc1cscn1)c1ccc(OC)cc1. The van der Waals surface area contributed by atoms with Crippen LogP contribution in [0.5, 0.6) is 5.75 Å². The van der Waals surface area contributed by atoms with Gasteiger partial charge in [0.1, 0.15) is 5.75 Å². The molecule has 0 radical (unpaired) electrons. The number of ether oxygens (including phenoxy) is 1.